The summed E-state index contributed by atoms with van der Waals surface area (Å²) in [6.07, 6.45) is 4.84. The van der Waals surface area contributed by atoms with E-state index in [4.69, 9.17) is 16.7 Å². The summed E-state index contributed by atoms with van der Waals surface area (Å²) in [6, 6.07) is 5.26. The summed E-state index contributed by atoms with van der Waals surface area (Å²) in [5.41, 5.74) is 1.65. The summed E-state index contributed by atoms with van der Waals surface area (Å²) in [5, 5.41) is 12.5. The Balaban J connectivity index is 2.83. The lowest BCUT2D eigenvalue weighted by Gasteiger charge is -2.04. The van der Waals surface area contributed by atoms with E-state index in [0.29, 0.717) is 5.02 Å². The van der Waals surface area contributed by atoms with Crippen LogP contribution in [0.5, 0.6) is 0 Å². The van der Waals surface area contributed by atoms with Crippen molar-refractivity contribution in [2.45, 2.75) is 12.8 Å². The van der Waals surface area contributed by atoms with E-state index in [1.54, 1.807) is 18.2 Å². The van der Waals surface area contributed by atoms with Gasteiger partial charge in [-0.3, -0.25) is 4.79 Å². The van der Waals surface area contributed by atoms with Gasteiger partial charge in [0.1, 0.15) is 0 Å². The highest BCUT2D eigenvalue weighted by molar-refractivity contribution is 6.30. The zero-order valence-corrected chi connectivity index (χ0v) is 10.5. The quantitative estimate of drug-likeness (QED) is 0.766. The molecule has 0 aliphatic heterocycles. The van der Waals surface area contributed by atoms with Crippen molar-refractivity contribution in [3.63, 3.8) is 0 Å². The summed E-state index contributed by atoms with van der Waals surface area (Å²) in [4.78, 5) is 10.7. The third-order valence-corrected chi connectivity index (χ3v) is 2.54. The number of benzene rings is 1. The first-order valence-corrected chi connectivity index (χ1v) is 5.82. The van der Waals surface area contributed by atoms with Gasteiger partial charge in [-0.1, -0.05) is 29.8 Å². The fourth-order valence-electron chi connectivity index (χ4n) is 1.48. The number of carboxylic acids is 1. The van der Waals surface area contributed by atoms with Crippen LogP contribution in [0.25, 0.3) is 6.08 Å². The molecule has 4 heteroatoms. The molecule has 0 aliphatic rings. The predicted octanol–water partition coefficient (Wildman–Crippen LogP) is 2.59. The van der Waals surface area contributed by atoms with Crippen molar-refractivity contribution >= 4 is 23.6 Å². The molecule has 0 saturated heterocycles. The molecule has 0 heterocycles. The van der Waals surface area contributed by atoms with Gasteiger partial charge in [-0.25, -0.2) is 0 Å². The zero-order chi connectivity index (χ0) is 12.7. The van der Waals surface area contributed by atoms with Crippen molar-refractivity contribution in [1.29, 1.82) is 0 Å². The van der Waals surface area contributed by atoms with E-state index in [9.17, 15) is 4.79 Å². The third kappa shape index (κ3) is 5.02. The average Bonchev–Trinajstić information content (AvgIpc) is 2.27. The normalized spacial score (nSPS) is 10.9. The van der Waals surface area contributed by atoms with Crippen LogP contribution in [0.4, 0.5) is 0 Å². The van der Waals surface area contributed by atoms with Gasteiger partial charge in [0, 0.05) is 5.02 Å². The molecule has 17 heavy (non-hydrogen) atoms. The number of halogens is 1. The average molecular weight is 254 g/mol. The molecule has 3 nitrogen and oxygen atoms in total. The van der Waals surface area contributed by atoms with Gasteiger partial charge in [-0.05, 0) is 43.3 Å². The van der Waals surface area contributed by atoms with Gasteiger partial charge in [0.15, 0.2) is 0 Å². The number of nitrogens with one attached hydrogen (secondary N) is 1. The molecule has 0 aromatic heterocycles. The smallest absolute Gasteiger partial charge is 0.307 e. The summed E-state index contributed by atoms with van der Waals surface area (Å²) in [6.45, 7) is 0.894. The van der Waals surface area contributed by atoms with Gasteiger partial charge in [-0.15, -0.1) is 0 Å². The van der Waals surface area contributed by atoms with Crippen LogP contribution in [0.15, 0.2) is 24.3 Å². The zero-order valence-electron chi connectivity index (χ0n) is 9.74. The molecule has 0 amide bonds. The highest BCUT2D eigenvalue weighted by atomic mass is 35.5. The second-order valence-electron chi connectivity index (χ2n) is 3.71. The van der Waals surface area contributed by atoms with E-state index in [1.165, 1.54) is 0 Å². The molecule has 2 N–H and O–H groups in total. The lowest BCUT2D eigenvalue weighted by atomic mass is 10.0. The molecule has 1 rings (SSSR count). The summed E-state index contributed by atoms with van der Waals surface area (Å²) in [5.74, 6) is -0.836. The highest BCUT2D eigenvalue weighted by Gasteiger charge is 2.05. The molecule has 0 radical (unpaired) electrons. The first-order valence-electron chi connectivity index (χ1n) is 5.45. The lowest BCUT2D eigenvalue weighted by molar-refractivity contribution is -0.136. The Labute approximate surface area is 106 Å². The summed E-state index contributed by atoms with van der Waals surface area (Å²) < 4.78 is 0. The van der Waals surface area contributed by atoms with Gasteiger partial charge in [0.05, 0.1) is 6.42 Å². The van der Waals surface area contributed by atoms with E-state index in [-0.39, 0.29) is 6.42 Å². The van der Waals surface area contributed by atoms with Crippen molar-refractivity contribution < 1.29 is 9.90 Å². The van der Waals surface area contributed by atoms with E-state index in [2.05, 4.69) is 5.32 Å². The molecule has 1 aromatic rings. The minimum Gasteiger partial charge on any atom is -0.481 e. The van der Waals surface area contributed by atoms with Gasteiger partial charge in [0.25, 0.3) is 0 Å². The van der Waals surface area contributed by atoms with E-state index < -0.39 is 5.97 Å². The van der Waals surface area contributed by atoms with Crippen LogP contribution in [0.3, 0.4) is 0 Å². The number of aliphatic carboxylic acids is 1. The molecule has 1 aromatic carbocycles. The number of rotatable bonds is 6. The molecule has 0 bridgehead atoms. The molecule has 0 atom stereocenters. The van der Waals surface area contributed by atoms with E-state index >= 15 is 0 Å². The maximum atomic E-state index is 10.7. The van der Waals surface area contributed by atoms with Crippen LogP contribution >= 0.6 is 11.6 Å². The fourth-order valence-corrected chi connectivity index (χ4v) is 1.66. The van der Waals surface area contributed by atoms with Crippen LogP contribution in [-0.2, 0) is 11.2 Å². The first kappa shape index (κ1) is 13.7. The Morgan fingerprint density at radius 3 is 2.94 bits per heavy atom. The van der Waals surface area contributed by atoms with Crippen molar-refractivity contribution in [2.75, 3.05) is 13.6 Å². The van der Waals surface area contributed by atoms with E-state index in [0.717, 1.165) is 24.1 Å². The Bertz CT molecular complexity index is 416. The standard InChI is InChI=1S/C13H16ClNO2/c1-15-7-3-2-4-10-8-12(14)6-5-11(10)9-13(16)17/h2,4-6,8,15H,3,7,9H2,1H3,(H,16,17). The Morgan fingerprint density at radius 2 is 2.29 bits per heavy atom. The van der Waals surface area contributed by atoms with E-state index in [1.807, 2.05) is 19.2 Å². The van der Waals surface area contributed by atoms with Gasteiger partial charge >= 0.3 is 5.97 Å². The van der Waals surface area contributed by atoms with Crippen molar-refractivity contribution in [1.82, 2.24) is 5.32 Å². The van der Waals surface area contributed by atoms with Crippen LogP contribution in [-0.4, -0.2) is 24.7 Å². The van der Waals surface area contributed by atoms with Crippen LogP contribution in [0.2, 0.25) is 5.02 Å². The van der Waals surface area contributed by atoms with Crippen LogP contribution < -0.4 is 5.32 Å². The van der Waals surface area contributed by atoms with Crippen molar-refractivity contribution in [2.24, 2.45) is 0 Å². The maximum Gasteiger partial charge on any atom is 0.307 e. The first-order chi connectivity index (χ1) is 8.13. The monoisotopic (exact) mass is 253 g/mol. The number of hydrogen-bond acceptors (Lipinski definition) is 2. The Hall–Kier alpha value is -1.32. The molecule has 92 valence electrons. The second kappa shape index (κ2) is 7.09. The SMILES string of the molecule is CNCCC=Cc1cc(Cl)ccc1CC(=O)O. The topological polar surface area (TPSA) is 49.3 Å². The van der Waals surface area contributed by atoms with Gasteiger partial charge in [-0.2, -0.15) is 0 Å². The van der Waals surface area contributed by atoms with Gasteiger partial charge < -0.3 is 10.4 Å². The molecular weight excluding hydrogens is 238 g/mol. The minimum absolute atomic E-state index is 0.0167. The molecule has 0 saturated carbocycles. The lowest BCUT2D eigenvalue weighted by Crippen LogP contribution is -2.05. The van der Waals surface area contributed by atoms with Crippen molar-refractivity contribution in [3.8, 4) is 0 Å². The van der Waals surface area contributed by atoms with Crippen molar-refractivity contribution in [3.05, 3.63) is 40.4 Å². The molecule has 0 spiro atoms. The number of hydrogen-bond donors (Lipinski definition) is 2. The van der Waals surface area contributed by atoms with Crippen LogP contribution in [0, 0.1) is 0 Å². The molecular formula is C13H16ClNO2. The Morgan fingerprint density at radius 1 is 1.53 bits per heavy atom. The predicted molar refractivity (Wildman–Crippen MR) is 70.4 cm³/mol. The third-order valence-electron chi connectivity index (χ3n) is 2.31. The van der Waals surface area contributed by atoms with Gasteiger partial charge in [0.2, 0.25) is 0 Å². The molecule has 0 aliphatic carbocycles. The highest BCUT2D eigenvalue weighted by Crippen LogP contribution is 2.18. The fraction of sp³-hybridized carbons (Fsp3) is 0.308. The summed E-state index contributed by atoms with van der Waals surface area (Å²) in [7, 11) is 1.89. The number of carbonyl (C=O) groups is 1. The Kier molecular flexibility index (Phi) is 5.73. The minimum atomic E-state index is -0.836. The molecule has 0 fully saturated rings. The molecule has 0 unspecified atom stereocenters. The maximum absolute atomic E-state index is 10.7. The largest absolute Gasteiger partial charge is 0.481 e. The van der Waals surface area contributed by atoms with Crippen LogP contribution in [0.1, 0.15) is 17.5 Å². The number of carboxylic acid groups (broad SMARTS) is 1. The summed E-state index contributed by atoms with van der Waals surface area (Å²) >= 11 is 5.90. The second-order valence-corrected chi connectivity index (χ2v) is 4.14.